The van der Waals surface area contributed by atoms with Crippen LogP contribution in [0.3, 0.4) is 0 Å². The molecule has 84 valence electrons. The lowest BCUT2D eigenvalue weighted by molar-refractivity contribution is -0.136. The summed E-state index contributed by atoms with van der Waals surface area (Å²) in [6, 6.07) is 0. The number of carbonyl (C=O) groups is 3. The molecule has 0 heterocycles. The molecule has 15 heavy (non-hydrogen) atoms. The zero-order valence-corrected chi connectivity index (χ0v) is 9.41. The van der Waals surface area contributed by atoms with Crippen molar-refractivity contribution in [3.63, 3.8) is 0 Å². The Hall–Kier alpha value is -0.990. The van der Waals surface area contributed by atoms with Gasteiger partial charge in [-0.2, -0.15) is 0 Å². The van der Waals surface area contributed by atoms with Crippen molar-refractivity contribution in [2.75, 3.05) is 0 Å². The van der Waals surface area contributed by atoms with E-state index in [0.29, 0.717) is 18.8 Å². The van der Waals surface area contributed by atoms with E-state index in [1.807, 2.05) is 0 Å². The van der Waals surface area contributed by atoms with Gasteiger partial charge in [0.15, 0.2) is 5.78 Å². The van der Waals surface area contributed by atoms with Crippen molar-refractivity contribution in [1.82, 2.24) is 0 Å². The largest absolute Gasteiger partial charge is 0.300 e. The monoisotopic (exact) mass is 210 g/mol. The molecular formula is C12H18O3. The standard InChI is InChI=1S/C12H18O3/c1-3-9-4-5-11(14)10(7-9)12(15)6-8(2)13/h9-10H,3-7H2,1-2H3. The number of ketones is 3. The first-order chi connectivity index (χ1) is 7.04. The molecule has 3 heteroatoms. The third-order valence-corrected chi connectivity index (χ3v) is 3.15. The molecule has 0 aromatic rings. The molecule has 0 aliphatic heterocycles. The number of Topliss-reactive ketones (excluding diaryl/α,β-unsaturated/α-hetero) is 3. The van der Waals surface area contributed by atoms with Crippen molar-refractivity contribution in [2.45, 2.75) is 46.0 Å². The molecule has 2 atom stereocenters. The van der Waals surface area contributed by atoms with E-state index in [-0.39, 0.29) is 23.8 Å². The summed E-state index contributed by atoms with van der Waals surface area (Å²) in [5.41, 5.74) is 0. The van der Waals surface area contributed by atoms with Gasteiger partial charge in [-0.05, 0) is 25.7 Å². The van der Waals surface area contributed by atoms with Gasteiger partial charge in [-0.25, -0.2) is 0 Å². The van der Waals surface area contributed by atoms with Gasteiger partial charge in [0.25, 0.3) is 0 Å². The van der Waals surface area contributed by atoms with E-state index in [2.05, 4.69) is 6.92 Å². The molecule has 0 amide bonds. The first-order valence-corrected chi connectivity index (χ1v) is 5.59. The van der Waals surface area contributed by atoms with Crippen LogP contribution in [-0.4, -0.2) is 17.3 Å². The summed E-state index contributed by atoms with van der Waals surface area (Å²) in [5.74, 6) is -0.306. The minimum Gasteiger partial charge on any atom is -0.300 e. The third-order valence-electron chi connectivity index (χ3n) is 3.15. The Labute approximate surface area is 90.2 Å². The van der Waals surface area contributed by atoms with Gasteiger partial charge in [0.2, 0.25) is 0 Å². The van der Waals surface area contributed by atoms with Gasteiger partial charge in [0.05, 0.1) is 12.3 Å². The predicted molar refractivity (Wildman–Crippen MR) is 56.4 cm³/mol. The van der Waals surface area contributed by atoms with Gasteiger partial charge in [-0.15, -0.1) is 0 Å². The van der Waals surface area contributed by atoms with Gasteiger partial charge in [-0.1, -0.05) is 13.3 Å². The maximum Gasteiger partial charge on any atom is 0.150 e. The van der Waals surface area contributed by atoms with E-state index in [0.717, 1.165) is 12.8 Å². The fourth-order valence-corrected chi connectivity index (χ4v) is 2.15. The van der Waals surface area contributed by atoms with Crippen molar-refractivity contribution in [3.8, 4) is 0 Å². The highest BCUT2D eigenvalue weighted by Gasteiger charge is 2.32. The van der Waals surface area contributed by atoms with E-state index in [4.69, 9.17) is 0 Å². The van der Waals surface area contributed by atoms with Crippen LogP contribution < -0.4 is 0 Å². The van der Waals surface area contributed by atoms with Crippen molar-refractivity contribution >= 4 is 17.3 Å². The van der Waals surface area contributed by atoms with Crippen LogP contribution in [-0.2, 0) is 14.4 Å². The molecule has 1 fully saturated rings. The minimum atomic E-state index is -0.493. The highest BCUT2D eigenvalue weighted by atomic mass is 16.2. The molecule has 0 N–H and O–H groups in total. The number of carbonyl (C=O) groups excluding carboxylic acids is 3. The first-order valence-electron chi connectivity index (χ1n) is 5.59. The van der Waals surface area contributed by atoms with Crippen LogP contribution in [0.1, 0.15) is 46.0 Å². The predicted octanol–water partition coefficient (Wildman–Crippen LogP) is 1.93. The van der Waals surface area contributed by atoms with Crippen LogP contribution >= 0.6 is 0 Å². The van der Waals surface area contributed by atoms with Gasteiger partial charge in [0, 0.05) is 6.42 Å². The quantitative estimate of drug-likeness (QED) is 0.666. The van der Waals surface area contributed by atoms with Crippen molar-refractivity contribution in [3.05, 3.63) is 0 Å². The molecule has 1 saturated carbocycles. The van der Waals surface area contributed by atoms with E-state index >= 15 is 0 Å². The second-order valence-corrected chi connectivity index (χ2v) is 4.41. The molecule has 0 saturated heterocycles. The number of rotatable bonds is 4. The smallest absolute Gasteiger partial charge is 0.150 e. The fraction of sp³-hybridized carbons (Fsp3) is 0.750. The molecule has 2 unspecified atom stereocenters. The highest BCUT2D eigenvalue weighted by molar-refractivity contribution is 6.09. The average molecular weight is 210 g/mol. The minimum absolute atomic E-state index is 0.0333. The summed E-state index contributed by atoms with van der Waals surface area (Å²) in [7, 11) is 0. The second-order valence-electron chi connectivity index (χ2n) is 4.41. The molecule has 1 rings (SSSR count). The Balaban J connectivity index is 2.61. The Bertz CT molecular complexity index is 281. The highest BCUT2D eigenvalue weighted by Crippen LogP contribution is 2.29. The molecule has 0 aromatic carbocycles. The summed E-state index contributed by atoms with van der Waals surface area (Å²) in [6.45, 7) is 3.47. The zero-order valence-electron chi connectivity index (χ0n) is 9.41. The van der Waals surface area contributed by atoms with Crippen LogP contribution in [0.4, 0.5) is 0 Å². The van der Waals surface area contributed by atoms with Crippen LogP contribution in [0.15, 0.2) is 0 Å². The molecule has 0 aromatic heterocycles. The van der Waals surface area contributed by atoms with Crippen molar-refractivity contribution in [2.24, 2.45) is 11.8 Å². The van der Waals surface area contributed by atoms with Gasteiger partial charge >= 0.3 is 0 Å². The summed E-state index contributed by atoms with van der Waals surface area (Å²) in [4.78, 5) is 34.0. The van der Waals surface area contributed by atoms with E-state index < -0.39 is 5.92 Å². The molecule has 1 aliphatic carbocycles. The molecule has 0 spiro atoms. The van der Waals surface area contributed by atoms with E-state index in [9.17, 15) is 14.4 Å². The van der Waals surface area contributed by atoms with Crippen LogP contribution in [0.25, 0.3) is 0 Å². The first kappa shape index (κ1) is 12.1. The normalized spacial score (nSPS) is 26.4. The average Bonchev–Trinajstić information content (AvgIpc) is 2.17. The van der Waals surface area contributed by atoms with Gasteiger partial charge in [-0.3, -0.25) is 14.4 Å². The van der Waals surface area contributed by atoms with E-state index in [1.165, 1.54) is 6.92 Å². The molecule has 3 nitrogen and oxygen atoms in total. The van der Waals surface area contributed by atoms with Crippen molar-refractivity contribution in [1.29, 1.82) is 0 Å². The zero-order chi connectivity index (χ0) is 11.4. The maximum atomic E-state index is 11.6. The van der Waals surface area contributed by atoms with Crippen LogP contribution in [0.2, 0.25) is 0 Å². The summed E-state index contributed by atoms with van der Waals surface area (Å²) in [5, 5.41) is 0. The number of hydrogen-bond donors (Lipinski definition) is 0. The maximum absolute atomic E-state index is 11.6. The molecular weight excluding hydrogens is 192 g/mol. The SMILES string of the molecule is CCC1CCC(=O)C(C(=O)CC(C)=O)C1. The Morgan fingerprint density at radius 2 is 2.07 bits per heavy atom. The number of hydrogen-bond acceptors (Lipinski definition) is 3. The molecule has 1 aliphatic rings. The van der Waals surface area contributed by atoms with Gasteiger partial charge in [0.1, 0.15) is 11.6 Å². The lowest BCUT2D eigenvalue weighted by Crippen LogP contribution is -2.31. The topological polar surface area (TPSA) is 51.2 Å². The second kappa shape index (κ2) is 5.19. The van der Waals surface area contributed by atoms with Crippen LogP contribution in [0.5, 0.6) is 0 Å². The third kappa shape index (κ3) is 3.26. The van der Waals surface area contributed by atoms with Gasteiger partial charge < -0.3 is 0 Å². The van der Waals surface area contributed by atoms with E-state index in [1.54, 1.807) is 0 Å². The lowest BCUT2D eigenvalue weighted by Gasteiger charge is -2.26. The Kier molecular flexibility index (Phi) is 4.18. The van der Waals surface area contributed by atoms with Crippen LogP contribution in [0, 0.1) is 11.8 Å². The lowest BCUT2D eigenvalue weighted by atomic mass is 9.76. The summed E-state index contributed by atoms with van der Waals surface area (Å²) >= 11 is 0. The summed E-state index contributed by atoms with van der Waals surface area (Å²) in [6.07, 6.45) is 3.00. The Morgan fingerprint density at radius 1 is 1.40 bits per heavy atom. The molecule has 0 bridgehead atoms. The Morgan fingerprint density at radius 3 is 2.60 bits per heavy atom. The molecule has 0 radical (unpaired) electrons. The van der Waals surface area contributed by atoms with Crippen molar-refractivity contribution < 1.29 is 14.4 Å². The fourth-order valence-electron chi connectivity index (χ4n) is 2.15. The summed E-state index contributed by atoms with van der Waals surface area (Å²) < 4.78 is 0.